The lowest BCUT2D eigenvalue weighted by Crippen LogP contribution is -2.02. The summed E-state index contributed by atoms with van der Waals surface area (Å²) in [6, 6.07) is 14.2. The predicted molar refractivity (Wildman–Crippen MR) is 132 cm³/mol. The standard InChI is InChI=1S/C10H9NO.C8H10.4C2H6.H2/c1-6-3-4-9-8(5-6)7(2)10(12)11-9;1-7-5-3-4-6-8(7)2;4*1-2;/h3-5H,2H2,1H3,(H,11,12);3-6H,1-2H3;4*1-2H3;1H. The molecule has 1 heterocycles. The van der Waals surface area contributed by atoms with Gasteiger partial charge in [0.2, 0.25) is 0 Å². The molecule has 1 N–H and O–H groups in total. The van der Waals surface area contributed by atoms with Crippen LogP contribution < -0.4 is 5.32 Å². The molecule has 3 rings (SSSR count). The summed E-state index contributed by atoms with van der Waals surface area (Å²) in [6.07, 6.45) is 0. The molecule has 0 unspecified atom stereocenters. The fraction of sp³-hybridized carbons (Fsp3) is 0.423. The van der Waals surface area contributed by atoms with Crippen molar-refractivity contribution in [1.82, 2.24) is 0 Å². The summed E-state index contributed by atoms with van der Waals surface area (Å²) in [4.78, 5) is 11.1. The lowest BCUT2D eigenvalue weighted by Gasteiger charge is -1.97. The van der Waals surface area contributed by atoms with E-state index in [1.165, 1.54) is 11.1 Å². The monoisotopic (exact) mass is 387 g/mol. The molecule has 0 atom stereocenters. The highest BCUT2D eigenvalue weighted by Gasteiger charge is 2.21. The Morgan fingerprint density at radius 2 is 1.18 bits per heavy atom. The summed E-state index contributed by atoms with van der Waals surface area (Å²) >= 11 is 0. The summed E-state index contributed by atoms with van der Waals surface area (Å²) in [6.45, 7) is 25.9. The number of hydrogen-bond donors (Lipinski definition) is 1. The van der Waals surface area contributed by atoms with Gasteiger partial charge in [-0.15, -0.1) is 0 Å². The maximum absolute atomic E-state index is 11.1. The molecular weight excluding hydrogens is 342 g/mol. The summed E-state index contributed by atoms with van der Waals surface area (Å²) in [5.74, 6) is -0.0874. The fourth-order valence-electron chi connectivity index (χ4n) is 2.00. The van der Waals surface area contributed by atoms with E-state index >= 15 is 0 Å². The van der Waals surface area contributed by atoms with Crippen molar-refractivity contribution in [3.8, 4) is 0 Å². The zero-order chi connectivity index (χ0) is 22.7. The Morgan fingerprint density at radius 3 is 1.57 bits per heavy atom. The van der Waals surface area contributed by atoms with Gasteiger partial charge in [-0.05, 0) is 44.0 Å². The number of nitrogens with one attached hydrogen (secondary N) is 1. The van der Waals surface area contributed by atoms with E-state index in [4.69, 9.17) is 0 Å². The molecule has 0 radical (unpaired) electrons. The van der Waals surface area contributed by atoms with Gasteiger partial charge in [0, 0.05) is 18.3 Å². The SMILES string of the molecule is C=C1C(=O)Nc2ccc(C)cc21.CC.CC.CC.CC.Cc1ccccc1C.[HH]. The molecule has 0 saturated heterocycles. The van der Waals surface area contributed by atoms with Crippen LogP contribution in [0.4, 0.5) is 5.69 Å². The van der Waals surface area contributed by atoms with E-state index < -0.39 is 0 Å². The maximum atomic E-state index is 11.1. The summed E-state index contributed by atoms with van der Waals surface area (Å²) in [7, 11) is 0. The first-order chi connectivity index (χ1) is 13.5. The number of benzene rings is 2. The topological polar surface area (TPSA) is 29.1 Å². The second-order valence-corrected chi connectivity index (χ2v) is 5.07. The van der Waals surface area contributed by atoms with E-state index in [1.54, 1.807) is 0 Å². The molecule has 28 heavy (non-hydrogen) atoms. The Hall–Kier alpha value is -2.35. The van der Waals surface area contributed by atoms with Gasteiger partial charge < -0.3 is 5.32 Å². The minimum atomic E-state index is -0.0874. The third kappa shape index (κ3) is 10.7. The molecule has 0 spiro atoms. The highest BCUT2D eigenvalue weighted by Crippen LogP contribution is 2.30. The molecule has 0 bridgehead atoms. The average Bonchev–Trinajstić information content (AvgIpc) is 3.04. The van der Waals surface area contributed by atoms with Gasteiger partial charge in [-0.2, -0.15) is 0 Å². The minimum absolute atomic E-state index is 0. The predicted octanol–water partition coefficient (Wildman–Crippen LogP) is 8.61. The van der Waals surface area contributed by atoms with Gasteiger partial charge in [-0.1, -0.05) is 97.9 Å². The summed E-state index contributed by atoms with van der Waals surface area (Å²) < 4.78 is 0. The second-order valence-electron chi connectivity index (χ2n) is 5.07. The zero-order valence-corrected chi connectivity index (χ0v) is 20.2. The Balaban J connectivity index is -0.000000162. The Bertz CT molecular complexity index is 657. The number of aryl methyl sites for hydroxylation is 3. The van der Waals surface area contributed by atoms with Crippen LogP contribution in [0.25, 0.3) is 5.57 Å². The Morgan fingerprint density at radius 1 is 0.750 bits per heavy atom. The van der Waals surface area contributed by atoms with Crippen molar-refractivity contribution in [1.29, 1.82) is 0 Å². The van der Waals surface area contributed by atoms with Gasteiger partial charge in [0.25, 0.3) is 5.91 Å². The van der Waals surface area contributed by atoms with Gasteiger partial charge in [0.15, 0.2) is 0 Å². The highest BCUT2D eigenvalue weighted by atomic mass is 16.1. The molecular formula is C26H45NO. The quantitative estimate of drug-likeness (QED) is 0.450. The van der Waals surface area contributed by atoms with Gasteiger partial charge in [-0.25, -0.2) is 0 Å². The lowest BCUT2D eigenvalue weighted by molar-refractivity contribution is -0.110. The molecule has 1 aliphatic heterocycles. The third-order valence-electron chi connectivity index (χ3n) is 3.45. The van der Waals surface area contributed by atoms with Crippen LogP contribution in [0.5, 0.6) is 0 Å². The third-order valence-corrected chi connectivity index (χ3v) is 3.45. The molecule has 0 aliphatic carbocycles. The van der Waals surface area contributed by atoms with Crippen LogP contribution in [0.15, 0.2) is 49.0 Å². The molecule has 2 nitrogen and oxygen atoms in total. The number of anilines is 1. The first kappa shape index (κ1) is 30.4. The number of fused-ring (bicyclic) bond motifs is 1. The van der Waals surface area contributed by atoms with Gasteiger partial charge in [-0.3, -0.25) is 4.79 Å². The van der Waals surface area contributed by atoms with E-state index in [9.17, 15) is 4.79 Å². The normalized spacial score (nSPS) is 9.68. The van der Waals surface area contributed by atoms with Crippen molar-refractivity contribution < 1.29 is 6.22 Å². The van der Waals surface area contributed by atoms with Gasteiger partial charge in [0.05, 0.1) is 0 Å². The molecule has 2 heteroatoms. The number of amides is 1. The van der Waals surface area contributed by atoms with E-state index in [2.05, 4.69) is 50.0 Å². The summed E-state index contributed by atoms with van der Waals surface area (Å²) in [5.41, 5.74) is 6.25. The van der Waals surface area contributed by atoms with Crippen LogP contribution >= 0.6 is 0 Å². The van der Waals surface area contributed by atoms with Crippen LogP contribution in [0, 0.1) is 20.8 Å². The van der Waals surface area contributed by atoms with Crippen LogP contribution in [0.3, 0.4) is 0 Å². The molecule has 160 valence electrons. The minimum Gasteiger partial charge on any atom is -0.321 e. The largest absolute Gasteiger partial charge is 0.321 e. The molecule has 0 saturated carbocycles. The molecule has 2 aromatic rings. The fourth-order valence-corrected chi connectivity index (χ4v) is 2.00. The highest BCUT2D eigenvalue weighted by molar-refractivity contribution is 6.30. The van der Waals surface area contributed by atoms with Crippen LogP contribution in [-0.4, -0.2) is 5.91 Å². The lowest BCUT2D eigenvalue weighted by atomic mass is 10.1. The molecule has 2 aromatic carbocycles. The molecule has 1 aliphatic rings. The molecule has 0 aromatic heterocycles. The first-order valence-corrected chi connectivity index (χ1v) is 10.6. The van der Waals surface area contributed by atoms with Crippen LogP contribution in [0.2, 0.25) is 0 Å². The van der Waals surface area contributed by atoms with Gasteiger partial charge in [0.1, 0.15) is 0 Å². The summed E-state index contributed by atoms with van der Waals surface area (Å²) in [5, 5.41) is 2.74. The average molecular weight is 388 g/mol. The number of carbonyl (C=O) groups excluding carboxylic acids is 1. The zero-order valence-electron chi connectivity index (χ0n) is 20.2. The molecule has 1 amide bonds. The van der Waals surface area contributed by atoms with E-state index in [0.717, 1.165) is 16.8 Å². The number of hydrogen-bond acceptors (Lipinski definition) is 1. The van der Waals surface area contributed by atoms with Crippen molar-refractivity contribution in [2.45, 2.75) is 76.2 Å². The van der Waals surface area contributed by atoms with Crippen LogP contribution in [-0.2, 0) is 4.79 Å². The van der Waals surface area contributed by atoms with Crippen molar-refractivity contribution in [3.05, 3.63) is 71.3 Å². The van der Waals surface area contributed by atoms with Crippen molar-refractivity contribution in [2.75, 3.05) is 5.32 Å². The Labute approximate surface area is 176 Å². The number of carbonyl (C=O) groups is 1. The van der Waals surface area contributed by atoms with Crippen molar-refractivity contribution >= 4 is 17.2 Å². The first-order valence-electron chi connectivity index (χ1n) is 10.6. The van der Waals surface area contributed by atoms with E-state index in [0.29, 0.717) is 5.57 Å². The maximum Gasteiger partial charge on any atom is 0.255 e. The van der Waals surface area contributed by atoms with E-state index in [-0.39, 0.29) is 7.33 Å². The molecule has 0 fully saturated rings. The number of rotatable bonds is 0. The van der Waals surface area contributed by atoms with Crippen molar-refractivity contribution in [2.24, 2.45) is 0 Å². The van der Waals surface area contributed by atoms with E-state index in [1.807, 2.05) is 80.5 Å². The van der Waals surface area contributed by atoms with Crippen molar-refractivity contribution in [3.63, 3.8) is 0 Å². The van der Waals surface area contributed by atoms with Gasteiger partial charge >= 0.3 is 0 Å². The van der Waals surface area contributed by atoms with Crippen LogP contribution in [0.1, 0.15) is 79.1 Å². The Kier molecular flexibility index (Phi) is 21.1. The smallest absolute Gasteiger partial charge is 0.255 e. The second kappa shape index (κ2) is 19.4.